The summed E-state index contributed by atoms with van der Waals surface area (Å²) in [7, 11) is 3.44. The van der Waals surface area contributed by atoms with Crippen LogP contribution in [0.5, 0.6) is 0 Å². The van der Waals surface area contributed by atoms with E-state index in [1.165, 1.54) is 4.90 Å². The van der Waals surface area contributed by atoms with E-state index in [-0.39, 0.29) is 18.6 Å². The molecule has 1 aliphatic heterocycles. The minimum absolute atomic E-state index is 0.0550. The van der Waals surface area contributed by atoms with Gasteiger partial charge in [0.2, 0.25) is 0 Å². The number of nitrogen functional groups attached to an aromatic ring is 1. The maximum Gasteiger partial charge on any atom is 0.253 e. The molecule has 1 aromatic carbocycles. The van der Waals surface area contributed by atoms with Crippen LogP contribution in [0.2, 0.25) is 0 Å². The van der Waals surface area contributed by atoms with Gasteiger partial charge in [0.05, 0.1) is 24.0 Å². The minimum atomic E-state index is -0.0550. The zero-order valence-electron chi connectivity index (χ0n) is 12.2. The van der Waals surface area contributed by atoms with Crippen molar-refractivity contribution in [1.29, 1.82) is 0 Å². The largest absolute Gasteiger partial charge is 0.397 e. The Balaban J connectivity index is 2.27. The van der Waals surface area contributed by atoms with E-state index in [9.17, 15) is 9.90 Å². The Hall–Kier alpha value is -1.75. The Morgan fingerprint density at radius 3 is 2.80 bits per heavy atom. The van der Waals surface area contributed by atoms with E-state index in [0.717, 1.165) is 31.5 Å². The van der Waals surface area contributed by atoms with Gasteiger partial charge in [-0.1, -0.05) is 0 Å². The van der Waals surface area contributed by atoms with Crippen LogP contribution in [0, 0.1) is 0 Å². The number of aliphatic hydroxyl groups is 1. The molecule has 0 aliphatic carbocycles. The van der Waals surface area contributed by atoms with E-state index < -0.39 is 0 Å². The van der Waals surface area contributed by atoms with Gasteiger partial charge < -0.3 is 20.6 Å². The molecular weight excluding hydrogens is 254 g/mol. The average molecular weight is 277 g/mol. The third kappa shape index (κ3) is 2.88. The van der Waals surface area contributed by atoms with E-state index in [2.05, 4.69) is 4.90 Å². The molecule has 110 valence electrons. The fourth-order valence-electron chi connectivity index (χ4n) is 2.71. The van der Waals surface area contributed by atoms with Crippen molar-refractivity contribution in [2.24, 2.45) is 0 Å². The summed E-state index contributed by atoms with van der Waals surface area (Å²) in [4.78, 5) is 15.6. The second-order valence-corrected chi connectivity index (χ2v) is 5.50. The Kier molecular flexibility index (Phi) is 4.49. The lowest BCUT2D eigenvalue weighted by Crippen LogP contribution is -2.42. The molecule has 2 rings (SSSR count). The van der Waals surface area contributed by atoms with Crippen LogP contribution in [0.1, 0.15) is 29.6 Å². The first-order valence-electron chi connectivity index (χ1n) is 7.03. The van der Waals surface area contributed by atoms with Gasteiger partial charge in [-0.15, -0.1) is 0 Å². The SMILES string of the molecule is CN(C)C(=O)c1ccc(N2CCCCC2CO)c(N)c1. The number of nitrogens with two attached hydrogens (primary N) is 1. The number of amides is 1. The van der Waals surface area contributed by atoms with Gasteiger partial charge in [0.1, 0.15) is 0 Å². The molecule has 1 amide bonds. The van der Waals surface area contributed by atoms with E-state index in [4.69, 9.17) is 5.73 Å². The van der Waals surface area contributed by atoms with Gasteiger partial charge in [0, 0.05) is 26.2 Å². The molecule has 0 radical (unpaired) electrons. The molecule has 1 heterocycles. The molecule has 1 fully saturated rings. The van der Waals surface area contributed by atoms with Gasteiger partial charge in [-0.2, -0.15) is 0 Å². The molecule has 5 heteroatoms. The Bertz CT molecular complexity index is 488. The van der Waals surface area contributed by atoms with Crippen LogP contribution in [-0.2, 0) is 0 Å². The predicted octanol–water partition coefficient (Wildman–Crippen LogP) is 1.32. The zero-order chi connectivity index (χ0) is 14.7. The van der Waals surface area contributed by atoms with Gasteiger partial charge in [-0.3, -0.25) is 4.79 Å². The van der Waals surface area contributed by atoms with Crippen LogP contribution < -0.4 is 10.6 Å². The standard InChI is InChI=1S/C15H23N3O2/c1-17(2)15(20)11-6-7-14(13(16)9-11)18-8-4-3-5-12(18)10-19/h6-7,9,12,19H,3-5,8,10,16H2,1-2H3. The predicted molar refractivity (Wildman–Crippen MR) is 80.9 cm³/mol. The van der Waals surface area contributed by atoms with Crippen molar-refractivity contribution in [2.75, 3.05) is 37.9 Å². The van der Waals surface area contributed by atoms with Crippen molar-refractivity contribution in [3.8, 4) is 0 Å². The van der Waals surface area contributed by atoms with Crippen LogP contribution >= 0.6 is 0 Å². The highest BCUT2D eigenvalue weighted by atomic mass is 16.3. The fraction of sp³-hybridized carbons (Fsp3) is 0.533. The summed E-state index contributed by atoms with van der Waals surface area (Å²) >= 11 is 0. The maximum absolute atomic E-state index is 11.9. The number of aliphatic hydroxyl groups excluding tert-OH is 1. The number of carbonyl (C=O) groups is 1. The minimum Gasteiger partial charge on any atom is -0.397 e. The van der Waals surface area contributed by atoms with Gasteiger partial charge in [0.15, 0.2) is 0 Å². The van der Waals surface area contributed by atoms with Crippen LogP contribution in [-0.4, -0.2) is 49.2 Å². The third-order valence-corrected chi connectivity index (χ3v) is 3.83. The third-order valence-electron chi connectivity index (χ3n) is 3.83. The molecule has 1 aliphatic rings. The Morgan fingerprint density at radius 1 is 1.45 bits per heavy atom. The highest BCUT2D eigenvalue weighted by Gasteiger charge is 2.23. The smallest absolute Gasteiger partial charge is 0.253 e. The summed E-state index contributed by atoms with van der Waals surface area (Å²) < 4.78 is 0. The number of rotatable bonds is 3. The van der Waals surface area contributed by atoms with Crippen LogP contribution in [0.25, 0.3) is 0 Å². The van der Waals surface area contributed by atoms with Crippen molar-refractivity contribution in [3.05, 3.63) is 23.8 Å². The zero-order valence-corrected chi connectivity index (χ0v) is 12.2. The van der Waals surface area contributed by atoms with Crippen molar-refractivity contribution >= 4 is 17.3 Å². The average Bonchev–Trinajstić information content (AvgIpc) is 2.46. The van der Waals surface area contributed by atoms with Crippen molar-refractivity contribution in [1.82, 2.24) is 4.90 Å². The van der Waals surface area contributed by atoms with E-state index in [1.807, 2.05) is 6.07 Å². The van der Waals surface area contributed by atoms with Crippen molar-refractivity contribution in [2.45, 2.75) is 25.3 Å². The summed E-state index contributed by atoms with van der Waals surface area (Å²) in [5.41, 5.74) is 8.22. The molecule has 0 bridgehead atoms. The first kappa shape index (κ1) is 14.7. The van der Waals surface area contributed by atoms with E-state index >= 15 is 0 Å². The highest BCUT2D eigenvalue weighted by molar-refractivity contribution is 5.95. The van der Waals surface area contributed by atoms with E-state index in [1.54, 1.807) is 26.2 Å². The normalized spacial score (nSPS) is 18.9. The van der Waals surface area contributed by atoms with Crippen LogP contribution in [0.15, 0.2) is 18.2 Å². The van der Waals surface area contributed by atoms with E-state index in [0.29, 0.717) is 11.3 Å². The van der Waals surface area contributed by atoms with Gasteiger partial charge >= 0.3 is 0 Å². The number of nitrogens with zero attached hydrogens (tertiary/aromatic N) is 2. The summed E-state index contributed by atoms with van der Waals surface area (Å²) in [6.45, 7) is 1.04. The Labute approximate surface area is 120 Å². The van der Waals surface area contributed by atoms with Crippen molar-refractivity contribution in [3.63, 3.8) is 0 Å². The highest BCUT2D eigenvalue weighted by Crippen LogP contribution is 2.30. The number of benzene rings is 1. The number of carbonyl (C=O) groups excluding carboxylic acids is 1. The van der Waals surface area contributed by atoms with Gasteiger partial charge in [0.25, 0.3) is 5.91 Å². The maximum atomic E-state index is 11.9. The number of piperidine rings is 1. The second kappa shape index (κ2) is 6.13. The molecule has 3 N–H and O–H groups in total. The molecule has 1 aromatic rings. The molecule has 1 atom stereocenters. The molecule has 0 aromatic heterocycles. The quantitative estimate of drug-likeness (QED) is 0.818. The summed E-state index contributed by atoms with van der Waals surface area (Å²) in [5.74, 6) is -0.0550. The summed E-state index contributed by atoms with van der Waals surface area (Å²) in [6, 6.07) is 5.54. The molecule has 5 nitrogen and oxygen atoms in total. The summed E-state index contributed by atoms with van der Waals surface area (Å²) in [5, 5.41) is 9.49. The first-order chi connectivity index (χ1) is 9.54. The lowest BCUT2D eigenvalue weighted by Gasteiger charge is -2.37. The second-order valence-electron chi connectivity index (χ2n) is 5.50. The lowest BCUT2D eigenvalue weighted by molar-refractivity contribution is 0.0827. The van der Waals surface area contributed by atoms with Crippen LogP contribution in [0.4, 0.5) is 11.4 Å². The van der Waals surface area contributed by atoms with Gasteiger partial charge in [-0.05, 0) is 37.5 Å². The molecule has 1 saturated heterocycles. The number of hydrogen-bond acceptors (Lipinski definition) is 4. The first-order valence-corrected chi connectivity index (χ1v) is 7.03. The van der Waals surface area contributed by atoms with Crippen LogP contribution in [0.3, 0.4) is 0 Å². The van der Waals surface area contributed by atoms with Crippen molar-refractivity contribution < 1.29 is 9.90 Å². The topological polar surface area (TPSA) is 69.8 Å². The molecule has 0 saturated carbocycles. The lowest BCUT2D eigenvalue weighted by atomic mass is 10.0. The molecular formula is C15H23N3O2. The molecule has 20 heavy (non-hydrogen) atoms. The number of hydrogen-bond donors (Lipinski definition) is 2. The Morgan fingerprint density at radius 2 is 2.20 bits per heavy atom. The number of anilines is 2. The monoisotopic (exact) mass is 277 g/mol. The van der Waals surface area contributed by atoms with Gasteiger partial charge in [-0.25, -0.2) is 0 Å². The molecule has 1 unspecified atom stereocenters. The fourth-order valence-corrected chi connectivity index (χ4v) is 2.71. The molecule has 0 spiro atoms. The summed E-state index contributed by atoms with van der Waals surface area (Å²) in [6.07, 6.45) is 3.22.